The summed E-state index contributed by atoms with van der Waals surface area (Å²) < 4.78 is 41.0. The lowest BCUT2D eigenvalue weighted by atomic mass is 10.2. The Labute approximate surface area is 186 Å². The lowest BCUT2D eigenvalue weighted by Crippen LogP contribution is -2.46. The zero-order chi connectivity index (χ0) is 23.0. The maximum Gasteiger partial charge on any atom is 0.422 e. The fraction of sp³-hybridized carbons (Fsp3) is 0.478. The highest BCUT2D eigenvalue weighted by molar-refractivity contribution is 5.93. The van der Waals surface area contributed by atoms with E-state index in [1.165, 1.54) is 29.6 Å². The van der Waals surface area contributed by atoms with Crippen molar-refractivity contribution in [2.45, 2.75) is 25.9 Å². The second-order valence-electron chi connectivity index (χ2n) is 7.92. The second kappa shape index (κ2) is 11.2. The van der Waals surface area contributed by atoms with E-state index in [0.29, 0.717) is 6.54 Å². The highest BCUT2D eigenvalue weighted by Gasteiger charge is 2.28. The molecular formula is C23H29F3N4O2. The first-order chi connectivity index (χ1) is 15.3. The van der Waals surface area contributed by atoms with Gasteiger partial charge in [0, 0.05) is 50.7 Å². The van der Waals surface area contributed by atoms with Crippen molar-refractivity contribution in [1.82, 2.24) is 15.2 Å². The van der Waals surface area contributed by atoms with E-state index < -0.39 is 12.8 Å². The summed E-state index contributed by atoms with van der Waals surface area (Å²) in [5.74, 6) is -0.465. The van der Waals surface area contributed by atoms with Gasteiger partial charge in [-0.1, -0.05) is 12.1 Å². The van der Waals surface area contributed by atoms with Crippen LogP contribution in [0.25, 0.3) is 0 Å². The SMILES string of the molecule is Cc1cccc(N2CCN(CCCCNC(=O)c3ccc(OCC(F)(F)F)nc3)CC2)c1. The smallest absolute Gasteiger partial charge is 0.422 e. The maximum atomic E-state index is 12.1. The number of nitrogens with one attached hydrogen (secondary N) is 1. The third kappa shape index (κ3) is 7.71. The van der Waals surface area contributed by atoms with Gasteiger partial charge in [0.25, 0.3) is 5.91 Å². The van der Waals surface area contributed by atoms with Gasteiger partial charge in [0.2, 0.25) is 5.88 Å². The number of alkyl halides is 3. The molecule has 1 aliphatic heterocycles. The summed E-state index contributed by atoms with van der Waals surface area (Å²) >= 11 is 0. The molecule has 32 heavy (non-hydrogen) atoms. The maximum absolute atomic E-state index is 12.1. The van der Waals surface area contributed by atoms with E-state index in [-0.39, 0.29) is 17.4 Å². The van der Waals surface area contributed by atoms with E-state index in [4.69, 9.17) is 0 Å². The van der Waals surface area contributed by atoms with Gasteiger partial charge in [0.05, 0.1) is 5.56 Å². The molecule has 0 radical (unpaired) electrons. The number of hydrogen-bond acceptors (Lipinski definition) is 5. The topological polar surface area (TPSA) is 57.7 Å². The molecule has 9 heteroatoms. The van der Waals surface area contributed by atoms with Gasteiger partial charge < -0.3 is 15.0 Å². The van der Waals surface area contributed by atoms with Gasteiger partial charge in [0.15, 0.2) is 6.61 Å². The molecule has 3 rings (SSSR count). The number of amides is 1. The Morgan fingerprint density at radius 2 is 1.91 bits per heavy atom. The largest absolute Gasteiger partial charge is 0.468 e. The molecule has 0 spiro atoms. The summed E-state index contributed by atoms with van der Waals surface area (Å²) in [4.78, 5) is 20.7. The molecule has 1 amide bonds. The van der Waals surface area contributed by atoms with Gasteiger partial charge in [-0.25, -0.2) is 4.98 Å². The zero-order valence-corrected chi connectivity index (χ0v) is 18.2. The van der Waals surface area contributed by atoms with Crippen LogP contribution in [0.2, 0.25) is 0 Å². The van der Waals surface area contributed by atoms with E-state index in [1.807, 2.05) is 0 Å². The first-order valence-corrected chi connectivity index (χ1v) is 10.8. The number of piperazine rings is 1. The summed E-state index contributed by atoms with van der Waals surface area (Å²) in [6.07, 6.45) is -1.38. The molecule has 1 N–H and O–H groups in total. The number of hydrogen-bond donors (Lipinski definition) is 1. The number of nitrogens with zero attached hydrogens (tertiary/aromatic N) is 3. The predicted molar refractivity (Wildman–Crippen MR) is 117 cm³/mol. The van der Waals surface area contributed by atoms with Crippen LogP contribution in [0.1, 0.15) is 28.8 Å². The summed E-state index contributed by atoms with van der Waals surface area (Å²) in [5.41, 5.74) is 2.84. The van der Waals surface area contributed by atoms with Crippen LogP contribution in [0.3, 0.4) is 0 Å². The number of rotatable bonds is 9. The van der Waals surface area contributed by atoms with E-state index in [1.54, 1.807) is 0 Å². The summed E-state index contributed by atoms with van der Waals surface area (Å²) in [6, 6.07) is 11.2. The third-order valence-electron chi connectivity index (χ3n) is 5.31. The number of carbonyl (C=O) groups is 1. The van der Waals surface area contributed by atoms with Crippen molar-refractivity contribution in [3.63, 3.8) is 0 Å². The molecule has 1 aromatic heterocycles. The Kier molecular flexibility index (Phi) is 8.33. The second-order valence-corrected chi connectivity index (χ2v) is 7.92. The molecule has 2 heterocycles. The molecule has 174 valence electrons. The van der Waals surface area contributed by atoms with Crippen molar-refractivity contribution in [2.24, 2.45) is 0 Å². The molecule has 2 aromatic rings. The quantitative estimate of drug-likeness (QED) is 0.591. The van der Waals surface area contributed by atoms with Crippen LogP contribution in [0.15, 0.2) is 42.6 Å². The molecule has 0 unspecified atom stereocenters. The van der Waals surface area contributed by atoms with Crippen LogP contribution in [-0.4, -0.2) is 67.8 Å². The van der Waals surface area contributed by atoms with Crippen LogP contribution < -0.4 is 15.0 Å². The molecule has 0 bridgehead atoms. The van der Waals surface area contributed by atoms with E-state index >= 15 is 0 Å². The standard InChI is InChI=1S/C23H29F3N4O2/c1-18-5-4-6-20(15-18)30-13-11-29(12-14-30)10-3-2-9-27-22(31)19-7-8-21(28-16-19)32-17-23(24,25)26/h4-8,15-16H,2-3,9-14,17H2,1H3,(H,27,31). The number of halogens is 3. The lowest BCUT2D eigenvalue weighted by Gasteiger charge is -2.36. The van der Waals surface area contributed by atoms with Crippen molar-refractivity contribution in [3.8, 4) is 5.88 Å². The lowest BCUT2D eigenvalue weighted by molar-refractivity contribution is -0.154. The van der Waals surface area contributed by atoms with Crippen LogP contribution >= 0.6 is 0 Å². The highest BCUT2D eigenvalue weighted by atomic mass is 19.4. The van der Waals surface area contributed by atoms with Gasteiger partial charge in [-0.15, -0.1) is 0 Å². The Morgan fingerprint density at radius 1 is 1.12 bits per heavy atom. The van der Waals surface area contributed by atoms with Crippen LogP contribution in [-0.2, 0) is 0 Å². The Hall–Kier alpha value is -2.81. The monoisotopic (exact) mass is 450 g/mol. The number of carbonyl (C=O) groups excluding carboxylic acids is 1. The van der Waals surface area contributed by atoms with Crippen molar-refractivity contribution in [3.05, 3.63) is 53.7 Å². The molecule has 0 saturated carbocycles. The minimum Gasteiger partial charge on any atom is -0.468 e. The van der Waals surface area contributed by atoms with Crippen molar-refractivity contribution in [2.75, 3.05) is 50.8 Å². The Balaban J connectivity index is 1.29. The fourth-order valence-corrected chi connectivity index (χ4v) is 3.57. The summed E-state index contributed by atoms with van der Waals surface area (Å²) in [6.45, 7) is 6.29. The fourth-order valence-electron chi connectivity index (χ4n) is 3.57. The molecular weight excluding hydrogens is 421 g/mol. The van der Waals surface area contributed by atoms with E-state index in [0.717, 1.165) is 45.6 Å². The molecule has 1 aliphatic rings. The number of ether oxygens (including phenoxy) is 1. The van der Waals surface area contributed by atoms with Crippen molar-refractivity contribution < 1.29 is 22.7 Å². The zero-order valence-electron chi connectivity index (χ0n) is 18.2. The van der Waals surface area contributed by atoms with Gasteiger partial charge in [0.1, 0.15) is 0 Å². The predicted octanol–water partition coefficient (Wildman–Crippen LogP) is 3.66. The van der Waals surface area contributed by atoms with Crippen LogP contribution in [0, 0.1) is 6.92 Å². The molecule has 0 atom stereocenters. The Morgan fingerprint density at radius 3 is 2.56 bits per heavy atom. The van der Waals surface area contributed by atoms with Crippen molar-refractivity contribution in [1.29, 1.82) is 0 Å². The average molecular weight is 451 g/mol. The first kappa shape index (κ1) is 23.8. The van der Waals surface area contributed by atoms with Gasteiger partial charge in [-0.3, -0.25) is 9.69 Å². The molecule has 1 aromatic carbocycles. The first-order valence-electron chi connectivity index (χ1n) is 10.8. The number of aryl methyl sites for hydroxylation is 1. The minimum absolute atomic E-state index is 0.165. The molecule has 1 fully saturated rings. The number of anilines is 1. The third-order valence-corrected chi connectivity index (χ3v) is 5.31. The average Bonchev–Trinajstić information content (AvgIpc) is 2.77. The van der Waals surface area contributed by atoms with Gasteiger partial charge in [-0.2, -0.15) is 13.2 Å². The van der Waals surface area contributed by atoms with Gasteiger partial charge >= 0.3 is 6.18 Å². The minimum atomic E-state index is -4.42. The normalized spacial score (nSPS) is 14.9. The van der Waals surface area contributed by atoms with Crippen LogP contribution in [0.5, 0.6) is 5.88 Å². The number of pyridine rings is 1. The number of benzene rings is 1. The number of unbranched alkanes of at least 4 members (excludes halogenated alkanes) is 1. The summed E-state index contributed by atoms with van der Waals surface area (Å²) in [7, 11) is 0. The van der Waals surface area contributed by atoms with Crippen molar-refractivity contribution >= 4 is 11.6 Å². The molecule has 6 nitrogen and oxygen atoms in total. The van der Waals surface area contributed by atoms with E-state index in [9.17, 15) is 18.0 Å². The van der Waals surface area contributed by atoms with E-state index in [2.05, 4.69) is 56.0 Å². The molecule has 0 aliphatic carbocycles. The van der Waals surface area contributed by atoms with Gasteiger partial charge in [-0.05, 0) is 50.1 Å². The summed E-state index contributed by atoms with van der Waals surface area (Å²) in [5, 5.41) is 2.82. The Bertz CT molecular complexity index is 866. The number of aromatic nitrogens is 1. The van der Waals surface area contributed by atoms with Crippen LogP contribution in [0.4, 0.5) is 18.9 Å². The molecule has 1 saturated heterocycles. The highest BCUT2D eigenvalue weighted by Crippen LogP contribution is 2.18.